The lowest BCUT2D eigenvalue weighted by Gasteiger charge is -2.22. The van der Waals surface area contributed by atoms with Crippen LogP contribution in [0.15, 0.2) is 24.4 Å². The third-order valence-electron chi connectivity index (χ3n) is 3.27. The first kappa shape index (κ1) is 11.2. The van der Waals surface area contributed by atoms with E-state index in [1.807, 2.05) is 27.5 Å². The van der Waals surface area contributed by atoms with Crippen molar-refractivity contribution in [1.82, 2.24) is 14.3 Å². The van der Waals surface area contributed by atoms with Crippen molar-refractivity contribution in [3.8, 4) is 0 Å². The van der Waals surface area contributed by atoms with Crippen molar-refractivity contribution in [1.29, 1.82) is 0 Å². The SMILES string of the molecule is CC1CN1P(=O)(Nc1ccccn1)N1CC1C. The van der Waals surface area contributed by atoms with Gasteiger partial charge < -0.3 is 0 Å². The number of pyridine rings is 1. The summed E-state index contributed by atoms with van der Waals surface area (Å²) in [7, 11) is -2.62. The largest absolute Gasteiger partial charge is 0.310 e. The summed E-state index contributed by atoms with van der Waals surface area (Å²) < 4.78 is 17.1. The second-order valence-electron chi connectivity index (χ2n) is 4.81. The van der Waals surface area contributed by atoms with Gasteiger partial charge in [0.1, 0.15) is 5.82 Å². The minimum Gasteiger partial charge on any atom is -0.297 e. The Morgan fingerprint density at radius 1 is 1.29 bits per heavy atom. The number of anilines is 1. The molecule has 0 spiro atoms. The standard InChI is InChI=1S/C11H17N4OP/c1-9-7-14(9)17(16,15-8-10(15)2)13-11-5-3-4-6-12-11/h3-6,9-10H,7-8H2,1-2H3,(H,12,13,16). The Hall–Kier alpha value is -0.900. The molecular formula is C11H17N4OP. The van der Waals surface area contributed by atoms with Crippen molar-refractivity contribution in [2.75, 3.05) is 18.2 Å². The van der Waals surface area contributed by atoms with Crippen LogP contribution in [0.2, 0.25) is 0 Å². The van der Waals surface area contributed by atoms with Gasteiger partial charge in [0, 0.05) is 31.4 Å². The third-order valence-corrected chi connectivity index (χ3v) is 6.30. The Balaban J connectivity index is 1.83. The van der Waals surface area contributed by atoms with Gasteiger partial charge in [-0.15, -0.1) is 0 Å². The summed E-state index contributed by atoms with van der Waals surface area (Å²) in [6, 6.07) is 6.43. The zero-order valence-electron chi connectivity index (χ0n) is 10.1. The van der Waals surface area contributed by atoms with Crippen LogP contribution in [0.5, 0.6) is 0 Å². The molecule has 0 aromatic carbocycles. The molecule has 0 aliphatic carbocycles. The van der Waals surface area contributed by atoms with Gasteiger partial charge in [0.15, 0.2) is 0 Å². The van der Waals surface area contributed by atoms with E-state index < -0.39 is 7.59 Å². The van der Waals surface area contributed by atoms with Gasteiger partial charge in [-0.25, -0.2) is 14.3 Å². The molecule has 1 aromatic heterocycles. The van der Waals surface area contributed by atoms with Crippen LogP contribution in [0.4, 0.5) is 5.82 Å². The average molecular weight is 252 g/mol. The predicted octanol–water partition coefficient (Wildman–Crippen LogP) is 2.01. The fraction of sp³-hybridized carbons (Fsp3) is 0.545. The van der Waals surface area contributed by atoms with Crippen LogP contribution < -0.4 is 5.09 Å². The summed E-state index contributed by atoms with van der Waals surface area (Å²) in [5.74, 6) is 0.689. The van der Waals surface area contributed by atoms with E-state index in [0.717, 1.165) is 13.1 Å². The third kappa shape index (κ3) is 1.99. The maximum Gasteiger partial charge on any atom is 0.310 e. The fourth-order valence-electron chi connectivity index (χ4n) is 2.06. The number of hydrogen-bond acceptors (Lipinski definition) is 2. The van der Waals surface area contributed by atoms with Gasteiger partial charge in [0.25, 0.3) is 0 Å². The maximum absolute atomic E-state index is 13.0. The lowest BCUT2D eigenvalue weighted by atomic mass is 10.5. The van der Waals surface area contributed by atoms with E-state index in [4.69, 9.17) is 0 Å². The molecule has 6 heteroatoms. The molecule has 4 unspecified atom stereocenters. The molecule has 0 radical (unpaired) electrons. The fourth-order valence-corrected chi connectivity index (χ4v) is 5.02. The second kappa shape index (κ2) is 3.80. The molecule has 92 valence electrons. The molecule has 1 N–H and O–H groups in total. The summed E-state index contributed by atoms with van der Waals surface area (Å²) in [6.45, 7) is 6.00. The van der Waals surface area contributed by atoms with Crippen molar-refractivity contribution >= 4 is 13.4 Å². The van der Waals surface area contributed by atoms with Crippen LogP contribution >= 0.6 is 7.59 Å². The number of aromatic nitrogens is 1. The number of rotatable bonds is 4. The molecule has 2 aliphatic heterocycles. The molecule has 2 saturated heterocycles. The van der Waals surface area contributed by atoms with E-state index >= 15 is 0 Å². The van der Waals surface area contributed by atoms with Gasteiger partial charge in [-0.1, -0.05) is 6.07 Å². The Kier molecular flexibility index (Phi) is 2.51. The van der Waals surface area contributed by atoms with Crippen molar-refractivity contribution in [3.63, 3.8) is 0 Å². The molecule has 2 fully saturated rings. The van der Waals surface area contributed by atoms with E-state index in [2.05, 4.69) is 23.9 Å². The van der Waals surface area contributed by atoms with E-state index in [-0.39, 0.29) is 0 Å². The van der Waals surface area contributed by atoms with Gasteiger partial charge in [-0.3, -0.25) is 9.65 Å². The van der Waals surface area contributed by atoms with Crippen molar-refractivity contribution in [2.45, 2.75) is 25.9 Å². The van der Waals surface area contributed by atoms with E-state index in [1.165, 1.54) is 0 Å². The number of hydrogen-bond donors (Lipinski definition) is 1. The van der Waals surface area contributed by atoms with Crippen LogP contribution in [0.1, 0.15) is 13.8 Å². The lowest BCUT2D eigenvalue weighted by molar-refractivity contribution is 0.511. The van der Waals surface area contributed by atoms with Gasteiger partial charge in [-0.2, -0.15) is 0 Å². The summed E-state index contributed by atoms with van der Waals surface area (Å²) in [6.07, 6.45) is 1.71. The molecule has 0 saturated carbocycles. The molecule has 0 bridgehead atoms. The highest BCUT2D eigenvalue weighted by Crippen LogP contribution is 2.63. The zero-order chi connectivity index (χ0) is 12.0. The topological polar surface area (TPSA) is 48.0 Å². The molecule has 4 atom stereocenters. The normalized spacial score (nSPS) is 38.2. The quantitative estimate of drug-likeness (QED) is 0.656. The van der Waals surface area contributed by atoms with Crippen molar-refractivity contribution < 1.29 is 4.57 Å². The highest BCUT2D eigenvalue weighted by Gasteiger charge is 2.55. The molecule has 1 aromatic rings. The molecule has 2 aliphatic rings. The average Bonchev–Trinajstić information content (AvgIpc) is 3.19. The Bertz CT molecular complexity index is 446. The monoisotopic (exact) mass is 252 g/mol. The van der Waals surface area contributed by atoms with Crippen LogP contribution in [0.3, 0.4) is 0 Å². The lowest BCUT2D eigenvalue weighted by Crippen LogP contribution is -2.15. The summed E-state index contributed by atoms with van der Waals surface area (Å²) in [5.41, 5.74) is 0. The smallest absolute Gasteiger partial charge is 0.297 e. The molecule has 3 heterocycles. The summed E-state index contributed by atoms with van der Waals surface area (Å²) in [4.78, 5) is 4.20. The predicted molar refractivity (Wildman–Crippen MR) is 67.8 cm³/mol. The summed E-state index contributed by atoms with van der Waals surface area (Å²) in [5, 5.41) is 3.14. The zero-order valence-corrected chi connectivity index (χ0v) is 11.0. The Morgan fingerprint density at radius 3 is 2.29 bits per heavy atom. The first-order valence-corrected chi connectivity index (χ1v) is 7.56. The first-order chi connectivity index (χ1) is 8.11. The van der Waals surface area contributed by atoms with E-state index in [9.17, 15) is 4.57 Å². The Labute approximate surface area is 101 Å². The van der Waals surface area contributed by atoms with E-state index in [0.29, 0.717) is 17.9 Å². The van der Waals surface area contributed by atoms with Crippen LogP contribution in [0, 0.1) is 0 Å². The van der Waals surface area contributed by atoms with Gasteiger partial charge >= 0.3 is 7.59 Å². The minimum atomic E-state index is -2.62. The van der Waals surface area contributed by atoms with Crippen molar-refractivity contribution in [2.24, 2.45) is 0 Å². The molecular weight excluding hydrogens is 235 g/mol. The van der Waals surface area contributed by atoms with E-state index in [1.54, 1.807) is 6.20 Å². The minimum absolute atomic E-state index is 0.407. The summed E-state index contributed by atoms with van der Waals surface area (Å²) >= 11 is 0. The van der Waals surface area contributed by atoms with Gasteiger partial charge in [0.2, 0.25) is 0 Å². The van der Waals surface area contributed by atoms with Gasteiger partial charge in [0.05, 0.1) is 0 Å². The highest BCUT2D eigenvalue weighted by molar-refractivity contribution is 7.61. The molecule has 17 heavy (non-hydrogen) atoms. The van der Waals surface area contributed by atoms with Crippen LogP contribution in [-0.2, 0) is 4.57 Å². The maximum atomic E-state index is 13.0. The first-order valence-electron chi connectivity index (χ1n) is 5.95. The molecule has 0 amide bonds. The second-order valence-corrected chi connectivity index (χ2v) is 7.15. The molecule has 3 rings (SSSR count). The molecule has 5 nitrogen and oxygen atoms in total. The number of nitrogens with zero attached hydrogens (tertiary/aromatic N) is 3. The number of nitrogens with one attached hydrogen (secondary N) is 1. The van der Waals surface area contributed by atoms with Crippen molar-refractivity contribution in [3.05, 3.63) is 24.4 Å². The van der Waals surface area contributed by atoms with Gasteiger partial charge in [-0.05, 0) is 26.0 Å². The van der Waals surface area contributed by atoms with Crippen LogP contribution in [0.25, 0.3) is 0 Å². The Morgan fingerprint density at radius 2 is 1.88 bits per heavy atom. The highest BCUT2D eigenvalue weighted by atomic mass is 31.2. The van der Waals surface area contributed by atoms with Crippen LogP contribution in [-0.4, -0.2) is 39.5 Å².